The summed E-state index contributed by atoms with van der Waals surface area (Å²) >= 11 is 7.80. The first-order valence-electron chi connectivity index (χ1n) is 6.46. The first kappa shape index (κ1) is 13.2. The van der Waals surface area contributed by atoms with Crippen LogP contribution in [0.3, 0.4) is 0 Å². The highest BCUT2D eigenvalue weighted by Crippen LogP contribution is 2.25. The molecule has 0 aromatic carbocycles. The smallest absolute Gasteiger partial charge is 0.145 e. The van der Waals surface area contributed by atoms with Gasteiger partial charge in [-0.05, 0) is 24.8 Å². The van der Waals surface area contributed by atoms with Crippen molar-refractivity contribution >= 4 is 33.2 Å². The molecule has 6 heteroatoms. The molecule has 3 heterocycles. The third-order valence-electron chi connectivity index (χ3n) is 3.23. The van der Waals surface area contributed by atoms with E-state index in [-0.39, 0.29) is 6.10 Å². The van der Waals surface area contributed by atoms with Crippen LogP contribution in [0.15, 0.2) is 11.4 Å². The van der Waals surface area contributed by atoms with Gasteiger partial charge in [-0.1, -0.05) is 11.6 Å². The van der Waals surface area contributed by atoms with Crippen molar-refractivity contribution in [1.82, 2.24) is 14.9 Å². The van der Waals surface area contributed by atoms with Crippen molar-refractivity contribution < 1.29 is 4.74 Å². The Labute approximate surface area is 121 Å². The van der Waals surface area contributed by atoms with Crippen LogP contribution in [0, 0.1) is 0 Å². The lowest BCUT2D eigenvalue weighted by molar-refractivity contribution is 0.0665. The second-order valence-corrected chi connectivity index (χ2v) is 6.09. The van der Waals surface area contributed by atoms with Crippen LogP contribution in [0.4, 0.5) is 0 Å². The summed E-state index contributed by atoms with van der Waals surface area (Å²) in [6.07, 6.45) is 1.32. The molecule has 3 rings (SSSR count). The van der Waals surface area contributed by atoms with Crippen LogP contribution in [0.1, 0.15) is 19.2 Å². The molecule has 1 aliphatic rings. The summed E-state index contributed by atoms with van der Waals surface area (Å²) in [5, 5.41) is 3.50. The second kappa shape index (κ2) is 5.71. The number of fused-ring (bicyclic) bond motifs is 1. The van der Waals surface area contributed by atoms with Crippen LogP contribution < -0.4 is 0 Å². The number of rotatable bonds is 2. The lowest BCUT2D eigenvalue weighted by atomic mass is 10.3. The van der Waals surface area contributed by atoms with Crippen LogP contribution >= 0.6 is 22.9 Å². The minimum atomic E-state index is 0.267. The third-order valence-corrected chi connectivity index (χ3v) is 4.32. The molecular formula is C13H16ClN3OS. The summed E-state index contributed by atoms with van der Waals surface area (Å²) in [6.45, 7) is 5.62. The van der Waals surface area contributed by atoms with Gasteiger partial charge in [-0.25, -0.2) is 9.97 Å². The van der Waals surface area contributed by atoms with Gasteiger partial charge >= 0.3 is 0 Å². The second-order valence-electron chi connectivity index (χ2n) is 4.84. The molecule has 102 valence electrons. The maximum Gasteiger partial charge on any atom is 0.145 e. The van der Waals surface area contributed by atoms with E-state index in [4.69, 9.17) is 16.3 Å². The van der Waals surface area contributed by atoms with Gasteiger partial charge in [-0.15, -0.1) is 11.3 Å². The molecule has 0 radical (unpaired) electrons. The zero-order chi connectivity index (χ0) is 13.2. The molecular weight excluding hydrogens is 282 g/mol. The number of thiophene rings is 1. The van der Waals surface area contributed by atoms with Gasteiger partial charge in [0.15, 0.2) is 0 Å². The van der Waals surface area contributed by atoms with Crippen molar-refractivity contribution in [3.05, 3.63) is 22.4 Å². The molecule has 1 saturated heterocycles. The Morgan fingerprint density at radius 2 is 2.42 bits per heavy atom. The minimum absolute atomic E-state index is 0.267. The fourth-order valence-corrected chi connectivity index (χ4v) is 3.44. The zero-order valence-corrected chi connectivity index (χ0v) is 12.4. The van der Waals surface area contributed by atoms with Crippen LogP contribution in [0.5, 0.6) is 0 Å². The standard InChI is InChI=1S/C13H16ClN3OS/c1-9-7-17(4-2-5-18-9)8-11-15-12(14)10-3-6-19-13(10)16-11/h3,6,9H,2,4-5,7-8H2,1H3. The SMILES string of the molecule is CC1CN(Cc2nc(Cl)c3ccsc3n2)CCCO1. The van der Waals surface area contributed by atoms with Crippen molar-refractivity contribution in [2.24, 2.45) is 0 Å². The first-order chi connectivity index (χ1) is 9.22. The largest absolute Gasteiger partial charge is 0.377 e. The lowest BCUT2D eigenvalue weighted by Gasteiger charge is -2.20. The number of aromatic nitrogens is 2. The molecule has 4 nitrogen and oxygen atoms in total. The zero-order valence-electron chi connectivity index (χ0n) is 10.8. The molecule has 0 bridgehead atoms. The quantitative estimate of drug-likeness (QED) is 0.799. The van der Waals surface area contributed by atoms with E-state index in [1.165, 1.54) is 0 Å². The monoisotopic (exact) mass is 297 g/mol. The molecule has 1 atom stereocenters. The molecule has 1 unspecified atom stereocenters. The number of hydrogen-bond acceptors (Lipinski definition) is 5. The summed E-state index contributed by atoms with van der Waals surface area (Å²) in [7, 11) is 0. The highest BCUT2D eigenvalue weighted by Gasteiger charge is 2.17. The predicted octanol–water partition coefficient (Wildman–Crippen LogP) is 2.96. The molecule has 19 heavy (non-hydrogen) atoms. The molecule has 0 amide bonds. The fraction of sp³-hybridized carbons (Fsp3) is 0.538. The lowest BCUT2D eigenvalue weighted by Crippen LogP contribution is -2.30. The first-order valence-corrected chi connectivity index (χ1v) is 7.72. The number of nitrogens with zero attached hydrogens (tertiary/aromatic N) is 3. The van der Waals surface area contributed by atoms with Crippen molar-refractivity contribution in [3.63, 3.8) is 0 Å². The van der Waals surface area contributed by atoms with E-state index in [0.717, 1.165) is 48.7 Å². The number of halogens is 1. The van der Waals surface area contributed by atoms with E-state index in [2.05, 4.69) is 21.8 Å². The summed E-state index contributed by atoms with van der Waals surface area (Å²) in [6, 6.07) is 1.97. The van der Waals surface area contributed by atoms with E-state index >= 15 is 0 Å². The molecule has 1 aliphatic heterocycles. The van der Waals surface area contributed by atoms with Gasteiger partial charge in [-0.3, -0.25) is 4.90 Å². The molecule has 0 aliphatic carbocycles. The Hall–Kier alpha value is -0.750. The van der Waals surface area contributed by atoms with Crippen LogP contribution in [0.25, 0.3) is 10.2 Å². The summed E-state index contributed by atoms with van der Waals surface area (Å²) in [4.78, 5) is 12.3. The minimum Gasteiger partial charge on any atom is -0.377 e. The van der Waals surface area contributed by atoms with Gasteiger partial charge < -0.3 is 4.74 Å². The normalized spacial score (nSPS) is 21.7. The Balaban J connectivity index is 1.80. The highest BCUT2D eigenvalue weighted by molar-refractivity contribution is 7.16. The predicted molar refractivity (Wildman–Crippen MR) is 77.7 cm³/mol. The third kappa shape index (κ3) is 3.05. The van der Waals surface area contributed by atoms with Gasteiger partial charge in [0.05, 0.1) is 12.6 Å². The highest BCUT2D eigenvalue weighted by atomic mass is 35.5. The Kier molecular flexibility index (Phi) is 3.98. The Morgan fingerprint density at radius 3 is 3.32 bits per heavy atom. The number of hydrogen-bond donors (Lipinski definition) is 0. The molecule has 1 fully saturated rings. The Morgan fingerprint density at radius 1 is 1.53 bits per heavy atom. The van der Waals surface area contributed by atoms with Crippen LogP contribution in [0.2, 0.25) is 5.15 Å². The van der Waals surface area contributed by atoms with E-state index in [1.54, 1.807) is 11.3 Å². The van der Waals surface area contributed by atoms with E-state index in [9.17, 15) is 0 Å². The number of ether oxygens (including phenoxy) is 1. The van der Waals surface area contributed by atoms with Gasteiger partial charge in [0, 0.05) is 25.1 Å². The van der Waals surface area contributed by atoms with E-state index in [0.29, 0.717) is 5.15 Å². The summed E-state index contributed by atoms with van der Waals surface area (Å²) in [5.41, 5.74) is 0. The molecule has 0 saturated carbocycles. The van der Waals surface area contributed by atoms with Crippen LogP contribution in [-0.4, -0.2) is 40.7 Å². The van der Waals surface area contributed by atoms with Crippen LogP contribution in [-0.2, 0) is 11.3 Å². The van der Waals surface area contributed by atoms with E-state index < -0.39 is 0 Å². The summed E-state index contributed by atoms with van der Waals surface area (Å²) in [5.74, 6) is 0.800. The van der Waals surface area contributed by atoms with Gasteiger partial charge in [-0.2, -0.15) is 0 Å². The molecule has 2 aromatic rings. The van der Waals surface area contributed by atoms with Crippen molar-refractivity contribution in [2.75, 3.05) is 19.7 Å². The molecule has 2 aromatic heterocycles. The topological polar surface area (TPSA) is 38.2 Å². The van der Waals surface area contributed by atoms with Crippen molar-refractivity contribution in [2.45, 2.75) is 26.0 Å². The van der Waals surface area contributed by atoms with Gasteiger partial charge in [0.25, 0.3) is 0 Å². The van der Waals surface area contributed by atoms with Gasteiger partial charge in [0.1, 0.15) is 15.8 Å². The fourth-order valence-electron chi connectivity index (χ4n) is 2.36. The average Bonchev–Trinajstić information content (AvgIpc) is 2.74. The summed E-state index contributed by atoms with van der Waals surface area (Å²) < 4.78 is 5.65. The maximum atomic E-state index is 6.19. The molecule has 0 spiro atoms. The van der Waals surface area contributed by atoms with E-state index in [1.807, 2.05) is 11.4 Å². The van der Waals surface area contributed by atoms with Crippen molar-refractivity contribution in [3.8, 4) is 0 Å². The Bertz CT molecular complexity index is 574. The maximum absolute atomic E-state index is 6.19. The van der Waals surface area contributed by atoms with Gasteiger partial charge in [0.2, 0.25) is 0 Å². The van der Waals surface area contributed by atoms with Crippen molar-refractivity contribution in [1.29, 1.82) is 0 Å². The molecule has 0 N–H and O–H groups in total. The average molecular weight is 298 g/mol.